The molecular formula is C18H19N3O4S. The summed E-state index contributed by atoms with van der Waals surface area (Å²) in [6, 6.07) is 3.50. The van der Waals surface area contributed by atoms with Crippen molar-refractivity contribution in [2.75, 3.05) is 21.3 Å². The Morgan fingerprint density at radius 3 is 2.35 bits per heavy atom. The van der Waals surface area contributed by atoms with E-state index in [9.17, 15) is 4.79 Å². The van der Waals surface area contributed by atoms with Crippen LogP contribution in [0.15, 0.2) is 28.4 Å². The van der Waals surface area contributed by atoms with Gasteiger partial charge in [-0.25, -0.2) is 4.98 Å². The Bertz CT molecular complexity index is 1030. The van der Waals surface area contributed by atoms with Crippen LogP contribution in [0.2, 0.25) is 0 Å². The zero-order chi connectivity index (χ0) is 18.8. The largest absolute Gasteiger partial charge is 0.493 e. The number of aryl methyl sites for hydroxylation is 2. The minimum absolute atomic E-state index is 0.194. The van der Waals surface area contributed by atoms with Crippen LogP contribution >= 0.6 is 11.3 Å². The highest BCUT2D eigenvalue weighted by Crippen LogP contribution is 2.37. The molecule has 2 heterocycles. The van der Waals surface area contributed by atoms with Crippen molar-refractivity contribution in [1.82, 2.24) is 9.66 Å². The number of aromatic nitrogens is 2. The number of hydrogen-bond acceptors (Lipinski definition) is 7. The third-order valence-corrected chi connectivity index (χ3v) is 5.21. The second-order valence-corrected chi connectivity index (χ2v) is 6.76. The molecule has 3 rings (SSSR count). The van der Waals surface area contributed by atoms with E-state index in [4.69, 9.17) is 14.2 Å². The number of benzene rings is 1. The predicted octanol–water partition coefficient (Wildman–Crippen LogP) is 2.98. The molecule has 0 bridgehead atoms. The average Bonchev–Trinajstić information content (AvgIpc) is 2.94. The molecular weight excluding hydrogens is 354 g/mol. The molecule has 0 amide bonds. The number of thiophene rings is 1. The lowest BCUT2D eigenvalue weighted by Crippen LogP contribution is -2.17. The molecule has 0 unspecified atom stereocenters. The number of nitrogens with zero attached hydrogens (tertiary/aromatic N) is 3. The summed E-state index contributed by atoms with van der Waals surface area (Å²) in [5, 5.41) is 4.86. The smallest absolute Gasteiger partial charge is 0.282 e. The van der Waals surface area contributed by atoms with Crippen LogP contribution in [0.3, 0.4) is 0 Å². The number of methoxy groups -OCH3 is 3. The monoisotopic (exact) mass is 373 g/mol. The normalized spacial score (nSPS) is 11.3. The van der Waals surface area contributed by atoms with E-state index in [1.54, 1.807) is 39.7 Å². The number of rotatable bonds is 5. The summed E-state index contributed by atoms with van der Waals surface area (Å²) >= 11 is 1.51. The van der Waals surface area contributed by atoms with Crippen molar-refractivity contribution in [3.63, 3.8) is 0 Å². The fraction of sp³-hybridized carbons (Fsp3) is 0.278. The lowest BCUT2D eigenvalue weighted by atomic mass is 10.2. The first-order valence-corrected chi connectivity index (χ1v) is 8.63. The van der Waals surface area contributed by atoms with Gasteiger partial charge in [0.2, 0.25) is 5.75 Å². The molecule has 0 aliphatic carbocycles. The van der Waals surface area contributed by atoms with Gasteiger partial charge in [0.25, 0.3) is 5.56 Å². The van der Waals surface area contributed by atoms with Crippen molar-refractivity contribution in [2.24, 2.45) is 5.10 Å². The maximum absolute atomic E-state index is 12.7. The van der Waals surface area contributed by atoms with E-state index in [1.165, 1.54) is 22.3 Å². The van der Waals surface area contributed by atoms with Gasteiger partial charge in [-0.1, -0.05) is 0 Å². The first-order chi connectivity index (χ1) is 12.5. The van der Waals surface area contributed by atoms with E-state index in [2.05, 4.69) is 10.1 Å². The van der Waals surface area contributed by atoms with Gasteiger partial charge in [-0.05, 0) is 31.5 Å². The fourth-order valence-electron chi connectivity index (χ4n) is 2.61. The Kier molecular flexibility index (Phi) is 4.94. The number of fused-ring (bicyclic) bond motifs is 1. The average molecular weight is 373 g/mol. The van der Waals surface area contributed by atoms with Crippen molar-refractivity contribution in [1.29, 1.82) is 0 Å². The molecule has 2 aromatic heterocycles. The summed E-state index contributed by atoms with van der Waals surface area (Å²) in [5.41, 5.74) is 1.45. The molecule has 26 heavy (non-hydrogen) atoms. The Labute approximate surface area is 154 Å². The van der Waals surface area contributed by atoms with Gasteiger partial charge in [0.15, 0.2) is 11.5 Å². The Morgan fingerprint density at radius 2 is 1.77 bits per heavy atom. The topological polar surface area (TPSA) is 74.9 Å². The first kappa shape index (κ1) is 17.9. The molecule has 0 atom stereocenters. The molecule has 0 N–H and O–H groups in total. The van der Waals surface area contributed by atoms with Crippen LogP contribution in [0.5, 0.6) is 17.2 Å². The Morgan fingerprint density at radius 1 is 1.12 bits per heavy atom. The van der Waals surface area contributed by atoms with E-state index in [0.29, 0.717) is 28.2 Å². The molecule has 7 nitrogen and oxygen atoms in total. The molecule has 0 radical (unpaired) electrons. The minimum atomic E-state index is -0.194. The minimum Gasteiger partial charge on any atom is -0.493 e. The van der Waals surface area contributed by atoms with Crippen LogP contribution in [-0.4, -0.2) is 37.2 Å². The highest BCUT2D eigenvalue weighted by molar-refractivity contribution is 7.18. The Balaban J connectivity index is 2.05. The summed E-state index contributed by atoms with van der Waals surface area (Å²) in [4.78, 5) is 18.8. The van der Waals surface area contributed by atoms with E-state index in [0.717, 1.165) is 15.3 Å². The number of ether oxygens (including phenoxy) is 3. The van der Waals surface area contributed by atoms with Gasteiger partial charge in [-0.15, -0.1) is 11.3 Å². The van der Waals surface area contributed by atoms with Crippen molar-refractivity contribution in [3.8, 4) is 17.2 Å². The standard InChI is InChI=1S/C18H19N3O4S/c1-10-11(2)26-17-15(10)18(22)21(9-19-17)20-8-12-6-13(23-3)16(25-5)14(7-12)24-4/h6-9H,1-5H3/b20-8+. The molecule has 0 saturated carbocycles. The predicted molar refractivity (Wildman–Crippen MR) is 102 cm³/mol. The van der Waals surface area contributed by atoms with Crippen LogP contribution in [0, 0.1) is 13.8 Å². The highest BCUT2D eigenvalue weighted by Gasteiger charge is 2.13. The fourth-order valence-corrected chi connectivity index (χ4v) is 3.60. The summed E-state index contributed by atoms with van der Waals surface area (Å²) in [7, 11) is 4.63. The second-order valence-electron chi connectivity index (χ2n) is 5.56. The van der Waals surface area contributed by atoms with Crippen molar-refractivity contribution < 1.29 is 14.2 Å². The van der Waals surface area contributed by atoms with Crippen LogP contribution in [0.4, 0.5) is 0 Å². The maximum Gasteiger partial charge on any atom is 0.282 e. The van der Waals surface area contributed by atoms with E-state index >= 15 is 0 Å². The van der Waals surface area contributed by atoms with Crippen LogP contribution in [0.25, 0.3) is 10.2 Å². The maximum atomic E-state index is 12.7. The third-order valence-electron chi connectivity index (χ3n) is 4.09. The lowest BCUT2D eigenvalue weighted by Gasteiger charge is -2.12. The molecule has 0 fully saturated rings. The molecule has 136 valence electrons. The van der Waals surface area contributed by atoms with Gasteiger partial charge in [-0.3, -0.25) is 4.79 Å². The Hall–Kier alpha value is -2.87. The quantitative estimate of drug-likeness (QED) is 0.643. The highest BCUT2D eigenvalue weighted by atomic mass is 32.1. The van der Waals surface area contributed by atoms with Gasteiger partial charge in [0, 0.05) is 10.4 Å². The zero-order valence-corrected chi connectivity index (χ0v) is 16.0. The van der Waals surface area contributed by atoms with Crippen molar-refractivity contribution in [3.05, 3.63) is 44.8 Å². The van der Waals surface area contributed by atoms with Gasteiger partial charge >= 0.3 is 0 Å². The van der Waals surface area contributed by atoms with Gasteiger partial charge in [0.05, 0.1) is 32.9 Å². The van der Waals surface area contributed by atoms with E-state index in [-0.39, 0.29) is 5.56 Å². The lowest BCUT2D eigenvalue weighted by molar-refractivity contribution is 0.324. The van der Waals surface area contributed by atoms with E-state index < -0.39 is 0 Å². The first-order valence-electron chi connectivity index (χ1n) is 7.81. The third kappa shape index (κ3) is 3.03. The SMILES string of the molecule is COc1cc(/C=N/n2cnc3sc(C)c(C)c3c2=O)cc(OC)c1OC. The van der Waals surface area contributed by atoms with Crippen LogP contribution in [0.1, 0.15) is 16.0 Å². The van der Waals surface area contributed by atoms with Crippen molar-refractivity contribution in [2.45, 2.75) is 13.8 Å². The molecule has 3 aromatic rings. The van der Waals surface area contributed by atoms with Crippen LogP contribution in [-0.2, 0) is 0 Å². The molecule has 0 aliphatic rings. The molecule has 1 aromatic carbocycles. The molecule has 0 aliphatic heterocycles. The summed E-state index contributed by atoms with van der Waals surface area (Å²) in [5.74, 6) is 1.52. The van der Waals surface area contributed by atoms with Crippen molar-refractivity contribution >= 4 is 27.8 Å². The van der Waals surface area contributed by atoms with Crippen LogP contribution < -0.4 is 19.8 Å². The number of hydrogen-bond donors (Lipinski definition) is 0. The molecule has 0 saturated heterocycles. The molecule has 0 spiro atoms. The van der Waals surface area contributed by atoms with Gasteiger partial charge < -0.3 is 14.2 Å². The molecule has 8 heteroatoms. The van der Waals surface area contributed by atoms with E-state index in [1.807, 2.05) is 13.8 Å². The summed E-state index contributed by atoms with van der Waals surface area (Å²) < 4.78 is 17.2. The zero-order valence-electron chi connectivity index (χ0n) is 15.2. The van der Waals surface area contributed by atoms with Gasteiger partial charge in [-0.2, -0.15) is 9.78 Å². The summed E-state index contributed by atoms with van der Waals surface area (Å²) in [6.07, 6.45) is 2.97. The second kappa shape index (κ2) is 7.17. The summed E-state index contributed by atoms with van der Waals surface area (Å²) in [6.45, 7) is 3.90. The van der Waals surface area contributed by atoms with Gasteiger partial charge in [0.1, 0.15) is 11.2 Å².